The highest BCUT2D eigenvalue weighted by Gasteiger charge is 2.10. The molecule has 0 saturated heterocycles. The smallest absolute Gasteiger partial charge is 0.162 e. The lowest BCUT2D eigenvalue weighted by Gasteiger charge is -2.03. The number of thiophene rings is 1. The van der Waals surface area contributed by atoms with E-state index in [1.807, 2.05) is 24.4 Å². The summed E-state index contributed by atoms with van der Waals surface area (Å²) in [6.07, 6.45) is 0. The molecule has 0 amide bonds. The first-order valence-electron chi connectivity index (χ1n) is 5.32. The zero-order chi connectivity index (χ0) is 12.7. The fraction of sp³-hybridized carbons (Fsp3) is 0.0769. The number of hydrogen-bond donors (Lipinski definition) is 0. The number of halogens is 2. The molecule has 18 heavy (non-hydrogen) atoms. The molecule has 0 atom stereocenters. The van der Waals surface area contributed by atoms with Crippen molar-refractivity contribution in [2.75, 3.05) is 0 Å². The van der Waals surface area contributed by atoms with Gasteiger partial charge in [0, 0.05) is 10.9 Å². The molecule has 0 fully saturated rings. The van der Waals surface area contributed by atoms with E-state index in [4.69, 9.17) is 11.6 Å². The third-order valence-electron chi connectivity index (χ3n) is 2.58. The minimum absolute atomic E-state index is 0.295. The third-order valence-corrected chi connectivity index (χ3v) is 3.67. The molecule has 5 heteroatoms. The maximum Gasteiger partial charge on any atom is 0.162 e. The van der Waals surface area contributed by atoms with Crippen molar-refractivity contribution in [1.82, 2.24) is 9.97 Å². The second-order valence-electron chi connectivity index (χ2n) is 3.99. The lowest BCUT2D eigenvalue weighted by atomic mass is 10.1. The normalized spacial score (nSPS) is 11.1. The van der Waals surface area contributed by atoms with Crippen molar-refractivity contribution in [3.63, 3.8) is 0 Å². The van der Waals surface area contributed by atoms with Gasteiger partial charge < -0.3 is 0 Å². The van der Waals surface area contributed by atoms with E-state index < -0.39 is 0 Å². The average Bonchev–Trinajstić information content (AvgIpc) is 2.76. The summed E-state index contributed by atoms with van der Waals surface area (Å²) in [6.45, 7) is 1.83. The van der Waals surface area contributed by atoms with Crippen LogP contribution in [0.3, 0.4) is 0 Å². The highest BCUT2D eigenvalue weighted by molar-refractivity contribution is 7.16. The molecule has 0 aliphatic heterocycles. The van der Waals surface area contributed by atoms with E-state index in [1.54, 1.807) is 0 Å². The number of aromatic nitrogens is 2. The number of aryl methyl sites for hydroxylation is 1. The highest BCUT2D eigenvalue weighted by atomic mass is 35.5. The number of hydrogen-bond acceptors (Lipinski definition) is 3. The van der Waals surface area contributed by atoms with Gasteiger partial charge in [-0.25, -0.2) is 14.4 Å². The molecule has 0 unspecified atom stereocenters. The molecule has 2 nitrogen and oxygen atoms in total. The van der Waals surface area contributed by atoms with Gasteiger partial charge in [-0.2, -0.15) is 0 Å². The van der Waals surface area contributed by atoms with Crippen molar-refractivity contribution in [3.05, 3.63) is 46.2 Å². The Kier molecular flexibility index (Phi) is 2.76. The van der Waals surface area contributed by atoms with Gasteiger partial charge in [-0.15, -0.1) is 11.3 Å². The van der Waals surface area contributed by atoms with Crippen LogP contribution in [0.4, 0.5) is 4.39 Å². The maximum atomic E-state index is 13.4. The van der Waals surface area contributed by atoms with Crippen LogP contribution in [-0.2, 0) is 0 Å². The minimum Gasteiger partial charge on any atom is -0.217 e. The quantitative estimate of drug-likeness (QED) is 0.614. The van der Waals surface area contributed by atoms with Crippen LogP contribution in [0.1, 0.15) is 5.56 Å². The third kappa shape index (κ3) is 1.98. The number of nitrogens with zero attached hydrogens (tertiary/aromatic N) is 2. The van der Waals surface area contributed by atoms with Crippen LogP contribution in [-0.4, -0.2) is 9.97 Å². The monoisotopic (exact) mass is 278 g/mol. The Labute approximate surface area is 112 Å². The summed E-state index contributed by atoms with van der Waals surface area (Å²) in [6, 6.07) is 6.60. The molecule has 2 aromatic heterocycles. The lowest BCUT2D eigenvalue weighted by molar-refractivity contribution is 0.627. The summed E-state index contributed by atoms with van der Waals surface area (Å²) >= 11 is 7.58. The predicted molar refractivity (Wildman–Crippen MR) is 72.6 cm³/mol. The minimum atomic E-state index is -0.295. The first-order valence-corrected chi connectivity index (χ1v) is 6.57. The molecule has 0 radical (unpaired) electrons. The zero-order valence-corrected chi connectivity index (χ0v) is 11.0. The SMILES string of the molecule is Cc1cc(F)cc(-c2nc(Cl)c3ccsc3n2)c1. The van der Waals surface area contributed by atoms with Crippen LogP contribution >= 0.6 is 22.9 Å². The van der Waals surface area contributed by atoms with E-state index >= 15 is 0 Å². The van der Waals surface area contributed by atoms with Crippen molar-refractivity contribution < 1.29 is 4.39 Å². The molecule has 2 heterocycles. The molecule has 1 aromatic carbocycles. The Morgan fingerprint density at radius 1 is 1.22 bits per heavy atom. The van der Waals surface area contributed by atoms with Gasteiger partial charge >= 0.3 is 0 Å². The van der Waals surface area contributed by atoms with E-state index in [9.17, 15) is 4.39 Å². The Hall–Kier alpha value is -1.52. The molecular weight excluding hydrogens is 271 g/mol. The molecule has 0 spiro atoms. The van der Waals surface area contributed by atoms with Gasteiger partial charge in [0.1, 0.15) is 15.8 Å². The highest BCUT2D eigenvalue weighted by Crippen LogP contribution is 2.28. The largest absolute Gasteiger partial charge is 0.217 e. The molecule has 3 rings (SSSR count). The lowest BCUT2D eigenvalue weighted by Crippen LogP contribution is -1.91. The van der Waals surface area contributed by atoms with Gasteiger partial charge in [0.15, 0.2) is 5.82 Å². The van der Waals surface area contributed by atoms with Crippen LogP contribution in [0.15, 0.2) is 29.6 Å². The van der Waals surface area contributed by atoms with E-state index in [1.165, 1.54) is 23.5 Å². The Morgan fingerprint density at radius 3 is 2.83 bits per heavy atom. The first kappa shape index (κ1) is 11.6. The van der Waals surface area contributed by atoms with Gasteiger partial charge in [0.05, 0.1) is 0 Å². The molecule has 0 aliphatic carbocycles. The van der Waals surface area contributed by atoms with Crippen LogP contribution in [0.25, 0.3) is 21.6 Å². The molecule has 0 saturated carbocycles. The van der Waals surface area contributed by atoms with Crippen molar-refractivity contribution in [1.29, 1.82) is 0 Å². The fourth-order valence-corrected chi connectivity index (χ4v) is 2.87. The molecule has 0 N–H and O–H groups in total. The number of fused-ring (bicyclic) bond motifs is 1. The van der Waals surface area contributed by atoms with Gasteiger partial charge in [-0.1, -0.05) is 11.6 Å². The molecule has 0 bridgehead atoms. The summed E-state index contributed by atoms with van der Waals surface area (Å²) in [4.78, 5) is 9.44. The summed E-state index contributed by atoms with van der Waals surface area (Å²) < 4.78 is 13.4. The van der Waals surface area contributed by atoms with E-state index in [0.29, 0.717) is 16.5 Å². The first-order chi connectivity index (χ1) is 8.63. The Balaban J connectivity index is 2.24. The average molecular weight is 279 g/mol. The predicted octanol–water partition coefficient (Wildman–Crippen LogP) is 4.46. The molecule has 3 aromatic rings. The van der Waals surface area contributed by atoms with Crippen LogP contribution < -0.4 is 0 Å². The number of benzene rings is 1. The summed E-state index contributed by atoms with van der Waals surface area (Å²) in [7, 11) is 0. The van der Waals surface area contributed by atoms with Crippen molar-refractivity contribution >= 4 is 33.2 Å². The maximum absolute atomic E-state index is 13.4. The van der Waals surface area contributed by atoms with E-state index in [-0.39, 0.29) is 5.82 Å². The van der Waals surface area contributed by atoms with Crippen LogP contribution in [0.5, 0.6) is 0 Å². The van der Waals surface area contributed by atoms with Gasteiger partial charge in [-0.3, -0.25) is 0 Å². The van der Waals surface area contributed by atoms with Crippen molar-refractivity contribution in [2.24, 2.45) is 0 Å². The van der Waals surface area contributed by atoms with Crippen molar-refractivity contribution in [2.45, 2.75) is 6.92 Å². The Morgan fingerprint density at radius 2 is 2.06 bits per heavy atom. The summed E-state index contributed by atoms with van der Waals surface area (Å²) in [5.41, 5.74) is 1.47. The summed E-state index contributed by atoms with van der Waals surface area (Å²) in [5.74, 6) is 0.161. The standard InChI is InChI=1S/C13H8ClFN2S/c1-7-4-8(6-9(15)5-7)12-16-11(14)10-2-3-18-13(10)17-12/h2-6H,1H3. The topological polar surface area (TPSA) is 25.8 Å². The molecule has 90 valence electrons. The second-order valence-corrected chi connectivity index (χ2v) is 5.25. The van der Waals surface area contributed by atoms with Gasteiger partial charge in [0.25, 0.3) is 0 Å². The Bertz CT molecular complexity index is 719. The van der Waals surface area contributed by atoms with Gasteiger partial charge in [0.2, 0.25) is 0 Å². The molecular formula is C13H8ClFN2S. The fourth-order valence-electron chi connectivity index (χ4n) is 1.81. The van der Waals surface area contributed by atoms with Crippen LogP contribution in [0, 0.1) is 12.7 Å². The van der Waals surface area contributed by atoms with E-state index in [0.717, 1.165) is 15.8 Å². The molecule has 0 aliphatic rings. The van der Waals surface area contributed by atoms with Gasteiger partial charge in [-0.05, 0) is 42.1 Å². The van der Waals surface area contributed by atoms with Crippen molar-refractivity contribution in [3.8, 4) is 11.4 Å². The van der Waals surface area contributed by atoms with Crippen LogP contribution in [0.2, 0.25) is 5.15 Å². The number of rotatable bonds is 1. The zero-order valence-electron chi connectivity index (χ0n) is 9.45. The second kappa shape index (κ2) is 4.30. The summed E-state index contributed by atoms with van der Waals surface area (Å²) in [5, 5.41) is 3.14. The van der Waals surface area contributed by atoms with E-state index in [2.05, 4.69) is 9.97 Å².